The molecule has 0 spiro atoms. The van der Waals surface area contributed by atoms with E-state index in [0.717, 1.165) is 4.42 Å². The second kappa shape index (κ2) is 2.64. The number of hydrogen-bond donors (Lipinski definition) is 0. The first-order valence-corrected chi connectivity index (χ1v) is 3.26. The Morgan fingerprint density at radius 1 is 1.30 bits per heavy atom. The van der Waals surface area contributed by atoms with E-state index in [-0.39, 0.29) is 13.0 Å². The molecule has 1 saturated heterocycles. The molecule has 3 amide bonds. The molecule has 1 fully saturated rings. The Bertz CT molecular complexity index is 184. The summed E-state index contributed by atoms with van der Waals surface area (Å²) in [4.78, 5) is 21.3. The van der Waals surface area contributed by atoms with Crippen LogP contribution in [0.3, 0.4) is 0 Å². The van der Waals surface area contributed by atoms with Gasteiger partial charge in [-0.15, -0.1) is 0 Å². The first kappa shape index (κ1) is 7.63. The molecule has 0 aromatic heterocycles. The summed E-state index contributed by atoms with van der Waals surface area (Å²) >= 11 is 10.6. The van der Waals surface area contributed by atoms with Gasteiger partial charge < -0.3 is 0 Å². The summed E-state index contributed by atoms with van der Waals surface area (Å²) in [5, 5.41) is 0. The van der Waals surface area contributed by atoms with Crippen molar-refractivity contribution in [2.24, 2.45) is 0 Å². The zero-order valence-corrected chi connectivity index (χ0v) is 6.39. The third kappa shape index (κ3) is 1.17. The first-order chi connectivity index (χ1) is 4.63. The molecule has 0 unspecified atom stereocenters. The van der Waals surface area contributed by atoms with Gasteiger partial charge in [0.1, 0.15) is 0 Å². The Kier molecular flexibility index (Phi) is 2.01. The highest BCUT2D eigenvalue weighted by Crippen LogP contribution is 2.13. The van der Waals surface area contributed by atoms with Gasteiger partial charge in [-0.3, -0.25) is 4.79 Å². The predicted octanol–water partition coefficient (Wildman–Crippen LogP) is 0.948. The molecule has 0 N–H and O–H groups in total. The van der Waals surface area contributed by atoms with Crippen molar-refractivity contribution in [3.8, 4) is 0 Å². The number of halogens is 2. The number of urea groups is 1. The number of amides is 3. The maximum absolute atomic E-state index is 10.7. The summed E-state index contributed by atoms with van der Waals surface area (Å²) in [6, 6.07) is -0.681. The van der Waals surface area contributed by atoms with Crippen molar-refractivity contribution in [2.75, 3.05) is 6.54 Å². The lowest BCUT2D eigenvalue weighted by Gasteiger charge is -2.23. The van der Waals surface area contributed by atoms with Crippen LogP contribution in [0.5, 0.6) is 0 Å². The average Bonchev–Trinajstić information content (AvgIpc) is 1.93. The predicted molar refractivity (Wildman–Crippen MR) is 35.3 cm³/mol. The van der Waals surface area contributed by atoms with E-state index in [0.29, 0.717) is 4.42 Å². The van der Waals surface area contributed by atoms with Crippen LogP contribution in [0.4, 0.5) is 4.79 Å². The van der Waals surface area contributed by atoms with Crippen molar-refractivity contribution < 1.29 is 9.59 Å². The van der Waals surface area contributed by atoms with Gasteiger partial charge in [0.05, 0.1) is 0 Å². The van der Waals surface area contributed by atoms with Crippen LogP contribution in [0.25, 0.3) is 0 Å². The third-order valence-corrected chi connectivity index (χ3v) is 1.76. The summed E-state index contributed by atoms with van der Waals surface area (Å²) < 4.78 is 1.35. The molecular weight excluding hydrogens is 179 g/mol. The van der Waals surface area contributed by atoms with Gasteiger partial charge >= 0.3 is 6.03 Å². The van der Waals surface area contributed by atoms with E-state index in [2.05, 4.69) is 0 Å². The molecule has 6 heteroatoms. The van der Waals surface area contributed by atoms with Crippen LogP contribution in [0, 0.1) is 0 Å². The number of carbonyl (C=O) groups is 2. The summed E-state index contributed by atoms with van der Waals surface area (Å²) in [5.74, 6) is -0.413. The maximum Gasteiger partial charge on any atom is 0.356 e. The van der Waals surface area contributed by atoms with Gasteiger partial charge in [-0.25, -0.2) is 9.21 Å². The fraction of sp³-hybridized carbons (Fsp3) is 0.500. The molecule has 0 bridgehead atoms. The van der Waals surface area contributed by atoms with Gasteiger partial charge in [0.2, 0.25) is 5.91 Å². The number of carbonyl (C=O) groups excluding carboxylic acids is 2. The topological polar surface area (TPSA) is 40.6 Å². The van der Waals surface area contributed by atoms with Gasteiger partial charge in [0.15, 0.2) is 0 Å². The molecule has 0 aliphatic carbocycles. The minimum atomic E-state index is -0.681. The van der Waals surface area contributed by atoms with Crippen LogP contribution in [0.2, 0.25) is 0 Å². The standard InChI is InChI=1S/C4H4Cl2N2O2/c5-7-2-1-3(9)8(6)4(7)10/h1-2H2. The van der Waals surface area contributed by atoms with Gasteiger partial charge in [-0.1, -0.05) is 0 Å². The quantitative estimate of drug-likeness (QED) is 0.524. The minimum absolute atomic E-state index is 0.179. The van der Waals surface area contributed by atoms with Gasteiger partial charge in [-0.2, -0.15) is 4.42 Å². The molecule has 0 saturated carbocycles. The number of nitrogens with zero attached hydrogens (tertiary/aromatic N) is 2. The lowest BCUT2D eigenvalue weighted by molar-refractivity contribution is -0.126. The van der Waals surface area contributed by atoms with Crippen molar-refractivity contribution in [1.29, 1.82) is 0 Å². The zero-order chi connectivity index (χ0) is 7.72. The molecule has 1 aliphatic rings. The fourth-order valence-corrected chi connectivity index (χ4v) is 0.964. The Morgan fingerprint density at radius 2 is 1.90 bits per heavy atom. The van der Waals surface area contributed by atoms with E-state index in [4.69, 9.17) is 23.6 Å². The highest BCUT2D eigenvalue weighted by Gasteiger charge is 2.29. The molecule has 1 rings (SSSR count). The highest BCUT2D eigenvalue weighted by atomic mass is 35.5. The zero-order valence-electron chi connectivity index (χ0n) is 4.88. The lowest BCUT2D eigenvalue weighted by Crippen LogP contribution is -2.43. The SMILES string of the molecule is O=C1CCN(Cl)C(=O)N1Cl. The van der Waals surface area contributed by atoms with E-state index in [1.54, 1.807) is 0 Å². The van der Waals surface area contributed by atoms with Crippen LogP contribution in [-0.4, -0.2) is 27.3 Å². The largest absolute Gasteiger partial charge is 0.356 e. The van der Waals surface area contributed by atoms with E-state index < -0.39 is 11.9 Å². The summed E-state index contributed by atoms with van der Waals surface area (Å²) in [7, 11) is 0. The Balaban J connectivity index is 2.70. The van der Waals surface area contributed by atoms with Gasteiger partial charge in [0.25, 0.3) is 0 Å². The van der Waals surface area contributed by atoms with Crippen LogP contribution >= 0.6 is 23.6 Å². The normalized spacial score (nSPS) is 20.2. The smallest absolute Gasteiger partial charge is 0.273 e. The van der Waals surface area contributed by atoms with Gasteiger partial charge in [-0.05, 0) is 0 Å². The van der Waals surface area contributed by atoms with Crippen molar-refractivity contribution in [3.05, 3.63) is 0 Å². The number of imide groups is 1. The van der Waals surface area contributed by atoms with E-state index in [9.17, 15) is 9.59 Å². The fourth-order valence-electron chi connectivity index (χ4n) is 0.590. The van der Waals surface area contributed by atoms with Crippen LogP contribution in [0.1, 0.15) is 6.42 Å². The lowest BCUT2D eigenvalue weighted by atomic mass is 10.3. The molecule has 10 heavy (non-hydrogen) atoms. The van der Waals surface area contributed by atoms with E-state index in [1.165, 1.54) is 0 Å². The molecule has 0 atom stereocenters. The van der Waals surface area contributed by atoms with Crippen molar-refractivity contribution in [1.82, 2.24) is 8.84 Å². The van der Waals surface area contributed by atoms with Gasteiger partial charge in [0, 0.05) is 36.5 Å². The van der Waals surface area contributed by atoms with Crippen molar-refractivity contribution in [2.45, 2.75) is 6.42 Å². The van der Waals surface area contributed by atoms with Crippen molar-refractivity contribution >= 4 is 35.5 Å². The molecule has 1 aliphatic heterocycles. The molecule has 4 nitrogen and oxygen atoms in total. The van der Waals surface area contributed by atoms with E-state index >= 15 is 0 Å². The molecule has 0 aromatic rings. The minimum Gasteiger partial charge on any atom is -0.273 e. The number of hydrogen-bond acceptors (Lipinski definition) is 2. The first-order valence-electron chi connectivity index (χ1n) is 2.59. The summed E-state index contributed by atoms with van der Waals surface area (Å²) in [6.07, 6.45) is 0.179. The Hall–Kier alpha value is -0.480. The second-order valence-corrected chi connectivity index (χ2v) is 2.54. The van der Waals surface area contributed by atoms with Crippen molar-refractivity contribution in [3.63, 3.8) is 0 Å². The highest BCUT2D eigenvalue weighted by molar-refractivity contribution is 6.34. The maximum atomic E-state index is 10.7. The van der Waals surface area contributed by atoms with Crippen LogP contribution in [0.15, 0.2) is 0 Å². The van der Waals surface area contributed by atoms with E-state index in [1.807, 2.05) is 0 Å². The van der Waals surface area contributed by atoms with Crippen LogP contribution in [-0.2, 0) is 4.79 Å². The molecule has 56 valence electrons. The summed E-state index contributed by atoms with van der Waals surface area (Å²) in [6.45, 7) is 0.225. The molecule has 0 aromatic carbocycles. The van der Waals surface area contributed by atoms with Crippen LogP contribution < -0.4 is 0 Å². The molecular formula is C4H4Cl2N2O2. The second-order valence-electron chi connectivity index (χ2n) is 1.79. The number of rotatable bonds is 0. The summed E-state index contributed by atoms with van der Waals surface area (Å²) in [5.41, 5.74) is 0. The molecule has 1 heterocycles. The molecule has 0 radical (unpaired) electrons. The Morgan fingerprint density at radius 3 is 2.40 bits per heavy atom. The monoisotopic (exact) mass is 182 g/mol. The Labute approximate surface area is 67.5 Å². The average molecular weight is 183 g/mol. The third-order valence-electron chi connectivity index (χ3n) is 1.12.